The lowest BCUT2D eigenvalue weighted by Crippen LogP contribution is -2.42. The Balaban J connectivity index is 1.89. The smallest absolute Gasteiger partial charge is 0.0221 e. The van der Waals surface area contributed by atoms with Crippen molar-refractivity contribution in [3.63, 3.8) is 0 Å². The topological polar surface area (TPSA) is 29.3 Å². The summed E-state index contributed by atoms with van der Waals surface area (Å²) in [6, 6.07) is 1.55. The molecule has 2 heteroatoms. The van der Waals surface area contributed by atoms with Gasteiger partial charge in [0.05, 0.1) is 0 Å². The lowest BCUT2D eigenvalue weighted by Gasteiger charge is -2.32. The van der Waals surface area contributed by atoms with Gasteiger partial charge in [0.2, 0.25) is 0 Å². The summed E-state index contributed by atoms with van der Waals surface area (Å²) in [6.07, 6.45) is 11.3. The first-order valence-electron chi connectivity index (χ1n) is 7.31. The zero-order valence-electron chi connectivity index (χ0n) is 10.8. The van der Waals surface area contributed by atoms with Gasteiger partial charge in [0.15, 0.2) is 0 Å². The average molecular weight is 224 g/mol. The van der Waals surface area contributed by atoms with Crippen LogP contribution in [0.5, 0.6) is 0 Å². The van der Waals surface area contributed by atoms with Gasteiger partial charge in [-0.2, -0.15) is 0 Å². The Hall–Kier alpha value is -0.0800. The van der Waals surface area contributed by atoms with E-state index >= 15 is 0 Å². The van der Waals surface area contributed by atoms with Crippen molar-refractivity contribution in [1.29, 1.82) is 0 Å². The van der Waals surface area contributed by atoms with E-state index in [2.05, 4.69) is 11.8 Å². The molecule has 1 aliphatic heterocycles. The maximum atomic E-state index is 5.88. The molecule has 1 aliphatic carbocycles. The second-order valence-electron chi connectivity index (χ2n) is 5.71. The van der Waals surface area contributed by atoms with Crippen molar-refractivity contribution in [1.82, 2.24) is 4.90 Å². The Morgan fingerprint density at radius 3 is 2.69 bits per heavy atom. The number of hydrogen-bond donors (Lipinski definition) is 1. The highest BCUT2D eigenvalue weighted by Gasteiger charge is 2.30. The van der Waals surface area contributed by atoms with Crippen LogP contribution in [-0.2, 0) is 0 Å². The largest absolute Gasteiger partial charge is 0.329 e. The maximum absolute atomic E-state index is 5.88. The van der Waals surface area contributed by atoms with Gasteiger partial charge in [0.25, 0.3) is 0 Å². The number of nitrogens with two attached hydrogens (primary N) is 1. The fraction of sp³-hybridized carbons (Fsp3) is 1.00. The minimum absolute atomic E-state index is 0.697. The normalized spacial score (nSPS) is 37.5. The molecular weight excluding hydrogens is 196 g/mol. The molecule has 3 atom stereocenters. The first-order chi connectivity index (χ1) is 7.85. The van der Waals surface area contributed by atoms with Crippen molar-refractivity contribution in [3.05, 3.63) is 0 Å². The maximum Gasteiger partial charge on any atom is 0.0221 e. The van der Waals surface area contributed by atoms with E-state index in [1.165, 1.54) is 57.9 Å². The van der Waals surface area contributed by atoms with Crippen LogP contribution in [0.15, 0.2) is 0 Å². The molecule has 3 unspecified atom stereocenters. The monoisotopic (exact) mass is 224 g/mol. The minimum Gasteiger partial charge on any atom is -0.329 e. The van der Waals surface area contributed by atoms with E-state index in [-0.39, 0.29) is 0 Å². The fourth-order valence-corrected chi connectivity index (χ4v) is 3.69. The fourth-order valence-electron chi connectivity index (χ4n) is 3.69. The lowest BCUT2D eigenvalue weighted by atomic mass is 9.97. The van der Waals surface area contributed by atoms with Crippen LogP contribution in [0.4, 0.5) is 0 Å². The van der Waals surface area contributed by atoms with Gasteiger partial charge in [0, 0.05) is 18.6 Å². The van der Waals surface area contributed by atoms with Crippen LogP contribution in [0.3, 0.4) is 0 Å². The van der Waals surface area contributed by atoms with Crippen molar-refractivity contribution in [2.45, 2.75) is 70.4 Å². The van der Waals surface area contributed by atoms with Crippen molar-refractivity contribution >= 4 is 0 Å². The molecule has 2 N–H and O–H groups in total. The number of hydrogen-bond acceptors (Lipinski definition) is 2. The molecule has 1 heterocycles. The van der Waals surface area contributed by atoms with E-state index < -0.39 is 0 Å². The first kappa shape index (κ1) is 12.4. The SMILES string of the molecule is CCC1CCCC(N2CCCC2CN)CC1. The van der Waals surface area contributed by atoms with Crippen LogP contribution >= 0.6 is 0 Å². The molecule has 0 spiro atoms. The molecule has 94 valence electrons. The summed E-state index contributed by atoms with van der Waals surface area (Å²) >= 11 is 0. The van der Waals surface area contributed by atoms with Gasteiger partial charge in [-0.25, -0.2) is 0 Å². The standard InChI is InChI=1S/C14H28N2/c1-2-12-5-3-6-13(9-8-12)16-10-4-7-14(16)11-15/h12-14H,2-11,15H2,1H3. The number of nitrogens with zero attached hydrogens (tertiary/aromatic N) is 1. The van der Waals surface area contributed by atoms with E-state index in [1.54, 1.807) is 0 Å². The quantitative estimate of drug-likeness (QED) is 0.747. The predicted molar refractivity (Wildman–Crippen MR) is 69.4 cm³/mol. The Morgan fingerprint density at radius 2 is 1.94 bits per heavy atom. The molecule has 2 nitrogen and oxygen atoms in total. The van der Waals surface area contributed by atoms with E-state index in [0.717, 1.165) is 18.5 Å². The zero-order chi connectivity index (χ0) is 11.4. The van der Waals surface area contributed by atoms with Crippen molar-refractivity contribution in [2.24, 2.45) is 11.7 Å². The third-order valence-electron chi connectivity index (χ3n) is 4.80. The summed E-state index contributed by atoms with van der Waals surface area (Å²) in [7, 11) is 0. The van der Waals surface area contributed by atoms with Gasteiger partial charge < -0.3 is 5.73 Å². The Morgan fingerprint density at radius 1 is 1.06 bits per heavy atom. The molecule has 0 radical (unpaired) electrons. The molecule has 1 saturated carbocycles. The van der Waals surface area contributed by atoms with Crippen molar-refractivity contribution in [2.75, 3.05) is 13.1 Å². The molecule has 0 aromatic rings. The summed E-state index contributed by atoms with van der Waals surface area (Å²) in [4.78, 5) is 2.73. The van der Waals surface area contributed by atoms with Crippen LogP contribution in [0, 0.1) is 5.92 Å². The summed E-state index contributed by atoms with van der Waals surface area (Å²) in [5.74, 6) is 1.00. The molecule has 0 amide bonds. The Labute approximate surface area is 101 Å². The van der Waals surface area contributed by atoms with Gasteiger partial charge >= 0.3 is 0 Å². The third-order valence-corrected chi connectivity index (χ3v) is 4.80. The lowest BCUT2D eigenvalue weighted by molar-refractivity contribution is 0.165. The average Bonchev–Trinajstić information content (AvgIpc) is 2.66. The molecule has 16 heavy (non-hydrogen) atoms. The Kier molecular flexibility index (Phi) is 4.66. The summed E-state index contributed by atoms with van der Waals surface area (Å²) < 4.78 is 0. The van der Waals surface area contributed by atoms with Crippen LogP contribution in [0.1, 0.15) is 58.3 Å². The number of rotatable bonds is 3. The molecule has 2 aliphatic rings. The first-order valence-corrected chi connectivity index (χ1v) is 7.31. The summed E-state index contributed by atoms with van der Waals surface area (Å²) in [6.45, 7) is 4.53. The van der Waals surface area contributed by atoms with Gasteiger partial charge in [-0.3, -0.25) is 4.90 Å². The molecule has 1 saturated heterocycles. The van der Waals surface area contributed by atoms with Crippen molar-refractivity contribution in [3.8, 4) is 0 Å². The van der Waals surface area contributed by atoms with Crippen molar-refractivity contribution < 1.29 is 0 Å². The van der Waals surface area contributed by atoms with E-state index in [9.17, 15) is 0 Å². The highest BCUT2D eigenvalue weighted by Crippen LogP contribution is 2.31. The van der Waals surface area contributed by atoms with E-state index in [4.69, 9.17) is 5.73 Å². The van der Waals surface area contributed by atoms with Crippen LogP contribution in [0.2, 0.25) is 0 Å². The van der Waals surface area contributed by atoms with Crippen LogP contribution < -0.4 is 5.73 Å². The Bertz CT molecular complexity index is 205. The molecule has 2 rings (SSSR count). The van der Waals surface area contributed by atoms with Gasteiger partial charge in [-0.15, -0.1) is 0 Å². The summed E-state index contributed by atoms with van der Waals surface area (Å²) in [5.41, 5.74) is 5.88. The molecular formula is C14H28N2. The van der Waals surface area contributed by atoms with Gasteiger partial charge in [-0.1, -0.05) is 26.2 Å². The van der Waals surface area contributed by atoms with E-state index in [0.29, 0.717) is 6.04 Å². The second-order valence-corrected chi connectivity index (χ2v) is 5.71. The van der Waals surface area contributed by atoms with Crippen LogP contribution in [-0.4, -0.2) is 30.1 Å². The van der Waals surface area contributed by atoms with E-state index in [1.807, 2.05) is 0 Å². The third kappa shape index (κ3) is 2.78. The van der Waals surface area contributed by atoms with Crippen LogP contribution in [0.25, 0.3) is 0 Å². The zero-order valence-corrected chi connectivity index (χ0v) is 10.8. The molecule has 2 fully saturated rings. The highest BCUT2D eigenvalue weighted by molar-refractivity contribution is 4.87. The highest BCUT2D eigenvalue weighted by atomic mass is 15.2. The number of likely N-dealkylation sites (tertiary alicyclic amines) is 1. The second kappa shape index (κ2) is 6.02. The molecule has 0 bridgehead atoms. The molecule has 0 aromatic carbocycles. The van der Waals surface area contributed by atoms with Gasteiger partial charge in [-0.05, 0) is 44.6 Å². The van der Waals surface area contributed by atoms with Gasteiger partial charge in [0.1, 0.15) is 0 Å². The predicted octanol–water partition coefficient (Wildman–Crippen LogP) is 2.77. The summed E-state index contributed by atoms with van der Waals surface area (Å²) in [5, 5.41) is 0. The molecule has 0 aromatic heterocycles. The minimum atomic E-state index is 0.697.